The zero-order valence-electron chi connectivity index (χ0n) is 23.3. The Labute approximate surface area is 241 Å². The summed E-state index contributed by atoms with van der Waals surface area (Å²) in [5.41, 5.74) is 2.00. The molecule has 3 aromatic rings. The van der Waals surface area contributed by atoms with Gasteiger partial charge >= 0.3 is 0 Å². The molecule has 0 aliphatic heterocycles. The van der Waals surface area contributed by atoms with Crippen LogP contribution in [0.4, 0.5) is 5.69 Å². The number of amides is 2. The highest BCUT2D eigenvalue weighted by Gasteiger charge is 2.33. The molecule has 0 spiro atoms. The number of aryl methyl sites for hydroxylation is 1. The zero-order valence-corrected chi connectivity index (χ0v) is 24.8. The van der Waals surface area contributed by atoms with Crippen molar-refractivity contribution >= 4 is 39.1 Å². The average molecular weight is 586 g/mol. The van der Waals surface area contributed by atoms with Gasteiger partial charge in [-0.1, -0.05) is 66.6 Å². The van der Waals surface area contributed by atoms with Crippen LogP contribution in [0.2, 0.25) is 5.02 Å². The molecule has 3 aromatic carbocycles. The molecular formula is C30H36ClN3O5S. The van der Waals surface area contributed by atoms with Gasteiger partial charge in [0.25, 0.3) is 10.0 Å². The van der Waals surface area contributed by atoms with E-state index in [1.807, 2.05) is 44.2 Å². The van der Waals surface area contributed by atoms with E-state index < -0.39 is 28.5 Å². The number of anilines is 1. The molecule has 0 saturated carbocycles. The largest absolute Gasteiger partial charge is 0.495 e. The summed E-state index contributed by atoms with van der Waals surface area (Å²) >= 11 is 6.27. The second-order valence-electron chi connectivity index (χ2n) is 9.43. The van der Waals surface area contributed by atoms with Gasteiger partial charge in [0.05, 0.1) is 17.7 Å². The maximum atomic E-state index is 14.0. The number of benzene rings is 3. The maximum Gasteiger partial charge on any atom is 0.264 e. The quantitative estimate of drug-likeness (QED) is 0.310. The predicted octanol–water partition coefficient (Wildman–Crippen LogP) is 4.84. The molecule has 8 nitrogen and oxygen atoms in total. The molecule has 0 aliphatic carbocycles. The van der Waals surface area contributed by atoms with E-state index in [0.717, 1.165) is 21.9 Å². The molecule has 0 unspecified atom stereocenters. The van der Waals surface area contributed by atoms with Crippen LogP contribution in [0.15, 0.2) is 77.7 Å². The number of nitrogens with zero attached hydrogens (tertiary/aromatic N) is 2. The number of ether oxygens (including phenoxy) is 1. The Hall–Kier alpha value is -3.56. The molecule has 0 radical (unpaired) electrons. The van der Waals surface area contributed by atoms with E-state index in [4.69, 9.17) is 16.3 Å². The van der Waals surface area contributed by atoms with Crippen molar-refractivity contribution in [1.29, 1.82) is 0 Å². The highest BCUT2D eigenvalue weighted by Crippen LogP contribution is 2.35. The predicted molar refractivity (Wildman–Crippen MR) is 158 cm³/mol. The molecule has 10 heteroatoms. The maximum absolute atomic E-state index is 14.0. The van der Waals surface area contributed by atoms with Gasteiger partial charge in [0, 0.05) is 18.1 Å². The minimum atomic E-state index is -4.23. The van der Waals surface area contributed by atoms with E-state index in [9.17, 15) is 18.0 Å². The zero-order chi connectivity index (χ0) is 29.3. The van der Waals surface area contributed by atoms with E-state index >= 15 is 0 Å². The van der Waals surface area contributed by atoms with Crippen molar-refractivity contribution < 1.29 is 22.7 Å². The third kappa shape index (κ3) is 7.76. The topological polar surface area (TPSA) is 96.0 Å². The van der Waals surface area contributed by atoms with Crippen molar-refractivity contribution in [1.82, 2.24) is 10.2 Å². The Morgan fingerprint density at radius 1 is 1.02 bits per heavy atom. The van der Waals surface area contributed by atoms with Crippen molar-refractivity contribution in [2.24, 2.45) is 0 Å². The molecule has 0 aliphatic rings. The number of hydrogen-bond acceptors (Lipinski definition) is 5. The van der Waals surface area contributed by atoms with Crippen LogP contribution in [0.1, 0.15) is 31.4 Å². The molecule has 214 valence electrons. The lowest BCUT2D eigenvalue weighted by atomic mass is 10.1. The minimum absolute atomic E-state index is 0.0116. The van der Waals surface area contributed by atoms with Crippen molar-refractivity contribution in [3.63, 3.8) is 0 Å². The Morgan fingerprint density at radius 3 is 2.33 bits per heavy atom. The summed E-state index contributed by atoms with van der Waals surface area (Å²) in [5, 5.41) is 3.11. The van der Waals surface area contributed by atoms with Crippen LogP contribution in [-0.4, -0.2) is 57.9 Å². The van der Waals surface area contributed by atoms with Gasteiger partial charge in [-0.3, -0.25) is 13.9 Å². The van der Waals surface area contributed by atoms with Gasteiger partial charge < -0.3 is 15.0 Å². The van der Waals surface area contributed by atoms with Crippen molar-refractivity contribution in [2.45, 2.75) is 44.6 Å². The average Bonchev–Trinajstić information content (AvgIpc) is 2.95. The molecule has 3 rings (SSSR count). The highest BCUT2D eigenvalue weighted by molar-refractivity contribution is 7.92. The lowest BCUT2D eigenvalue weighted by molar-refractivity contribution is -0.138. The normalized spacial score (nSPS) is 11.9. The third-order valence-electron chi connectivity index (χ3n) is 6.50. The van der Waals surface area contributed by atoms with Gasteiger partial charge in [0.15, 0.2) is 0 Å². The standard InChI is InChI=1S/C30H36ClN3O5S/c1-5-18-32-30(36)23(3)33(19-17-24-9-7-6-8-10-24)29(35)21-34(27-20-25(31)13-16-28(27)39-4)40(37,38)26-14-11-22(2)12-15-26/h6-16,20,23H,5,17-19,21H2,1-4H3,(H,32,36)/t23-/m1/s1. The second kappa shape index (κ2) is 14.2. The van der Waals surface area contributed by atoms with Crippen molar-refractivity contribution in [2.75, 3.05) is 31.0 Å². The molecule has 0 aromatic heterocycles. The van der Waals surface area contributed by atoms with Crippen LogP contribution >= 0.6 is 11.6 Å². The van der Waals surface area contributed by atoms with Gasteiger partial charge in [-0.05, 0) is 62.6 Å². The van der Waals surface area contributed by atoms with Gasteiger partial charge in [0.1, 0.15) is 18.3 Å². The number of sulfonamides is 1. The lowest BCUT2D eigenvalue weighted by Crippen LogP contribution is -2.52. The Morgan fingerprint density at radius 2 is 1.70 bits per heavy atom. The van der Waals surface area contributed by atoms with E-state index in [2.05, 4.69) is 5.32 Å². The smallest absolute Gasteiger partial charge is 0.264 e. The van der Waals surface area contributed by atoms with Gasteiger partial charge in [-0.2, -0.15) is 0 Å². The fourth-order valence-electron chi connectivity index (χ4n) is 4.17. The first-order valence-electron chi connectivity index (χ1n) is 13.1. The fourth-order valence-corrected chi connectivity index (χ4v) is 5.76. The van der Waals surface area contributed by atoms with Crippen molar-refractivity contribution in [3.8, 4) is 5.75 Å². The summed E-state index contributed by atoms with van der Waals surface area (Å²) in [6, 6.07) is 19.7. The molecule has 0 heterocycles. The molecule has 0 fully saturated rings. The minimum Gasteiger partial charge on any atom is -0.495 e. The van der Waals surface area contributed by atoms with Crippen LogP contribution in [0, 0.1) is 6.92 Å². The number of carbonyl (C=O) groups is 2. The molecule has 0 saturated heterocycles. The lowest BCUT2D eigenvalue weighted by Gasteiger charge is -2.32. The Balaban J connectivity index is 2.04. The molecule has 1 atom stereocenters. The Bertz CT molecular complexity index is 1400. The number of carbonyl (C=O) groups excluding carboxylic acids is 2. The first-order valence-corrected chi connectivity index (χ1v) is 14.9. The summed E-state index contributed by atoms with van der Waals surface area (Å²) in [7, 11) is -2.82. The fraction of sp³-hybridized carbons (Fsp3) is 0.333. The molecule has 0 bridgehead atoms. The first-order chi connectivity index (χ1) is 19.1. The van der Waals surface area contributed by atoms with Crippen LogP contribution in [-0.2, 0) is 26.0 Å². The van der Waals surface area contributed by atoms with Gasteiger partial charge in [-0.15, -0.1) is 0 Å². The van der Waals surface area contributed by atoms with Gasteiger partial charge in [-0.25, -0.2) is 8.42 Å². The SMILES string of the molecule is CCCNC(=O)[C@@H](C)N(CCc1ccccc1)C(=O)CN(c1cc(Cl)ccc1OC)S(=O)(=O)c1ccc(C)cc1. The third-order valence-corrected chi connectivity index (χ3v) is 8.51. The van der Waals surface area contributed by atoms with E-state index in [-0.39, 0.29) is 33.8 Å². The van der Waals surface area contributed by atoms with Crippen LogP contribution in [0.25, 0.3) is 0 Å². The second-order valence-corrected chi connectivity index (χ2v) is 11.7. The van der Waals surface area contributed by atoms with Crippen LogP contribution in [0.3, 0.4) is 0 Å². The number of methoxy groups -OCH3 is 1. The summed E-state index contributed by atoms with van der Waals surface area (Å²) < 4.78 is 34.4. The Kier molecular flexibility index (Phi) is 11.0. The van der Waals surface area contributed by atoms with Crippen LogP contribution < -0.4 is 14.4 Å². The monoisotopic (exact) mass is 585 g/mol. The van der Waals surface area contributed by atoms with E-state index in [1.54, 1.807) is 31.2 Å². The summed E-state index contributed by atoms with van der Waals surface area (Å²) in [4.78, 5) is 28.3. The summed E-state index contributed by atoms with van der Waals surface area (Å²) in [6.45, 7) is 5.56. The van der Waals surface area contributed by atoms with Gasteiger partial charge in [0.2, 0.25) is 11.8 Å². The molecule has 1 N–H and O–H groups in total. The summed E-state index contributed by atoms with van der Waals surface area (Å²) in [6.07, 6.45) is 1.23. The molecule has 2 amide bonds. The highest BCUT2D eigenvalue weighted by atomic mass is 35.5. The van der Waals surface area contributed by atoms with Crippen molar-refractivity contribution in [3.05, 3.63) is 88.9 Å². The number of halogens is 1. The molecule has 40 heavy (non-hydrogen) atoms. The first kappa shape index (κ1) is 31.0. The summed E-state index contributed by atoms with van der Waals surface area (Å²) in [5.74, 6) is -0.609. The number of nitrogens with one attached hydrogen (secondary N) is 1. The van der Waals surface area contributed by atoms with E-state index in [0.29, 0.717) is 13.0 Å². The number of hydrogen-bond donors (Lipinski definition) is 1. The van der Waals surface area contributed by atoms with Crippen LogP contribution in [0.5, 0.6) is 5.75 Å². The molecular weight excluding hydrogens is 550 g/mol. The van der Waals surface area contributed by atoms with E-state index in [1.165, 1.54) is 30.2 Å². The number of rotatable bonds is 13.